The highest BCUT2D eigenvalue weighted by molar-refractivity contribution is 6.47. The van der Waals surface area contributed by atoms with E-state index in [-0.39, 0.29) is 17.9 Å². The van der Waals surface area contributed by atoms with Gasteiger partial charge < -0.3 is 0 Å². The lowest BCUT2D eigenvalue weighted by Gasteiger charge is -2.02. The van der Waals surface area contributed by atoms with Crippen LogP contribution in [-0.2, 0) is 4.79 Å². The zero-order valence-electron chi connectivity index (χ0n) is 6.71. The molecule has 1 aromatic rings. The molecule has 0 radical (unpaired) electrons. The van der Waals surface area contributed by atoms with Crippen LogP contribution < -0.4 is 0 Å². The van der Waals surface area contributed by atoms with E-state index in [2.05, 4.69) is 20.4 Å². The maximum Gasteiger partial charge on any atom is 0.190 e. The molecule has 1 aromatic heterocycles. The molecule has 2 heterocycles. The maximum atomic E-state index is 11.3. The third-order valence-electron chi connectivity index (χ3n) is 1.60. The summed E-state index contributed by atoms with van der Waals surface area (Å²) in [6, 6.07) is 3.39. The van der Waals surface area contributed by atoms with Gasteiger partial charge in [0.05, 0.1) is 6.42 Å². The van der Waals surface area contributed by atoms with Crippen LogP contribution >= 0.6 is 0 Å². The fraction of sp³-hybridized carbons (Fsp3) is 0.125. The van der Waals surface area contributed by atoms with Crippen molar-refractivity contribution in [3.8, 4) is 0 Å². The first-order valence-corrected chi connectivity index (χ1v) is 3.78. The molecule has 0 bridgehead atoms. The van der Waals surface area contributed by atoms with E-state index >= 15 is 0 Å². The van der Waals surface area contributed by atoms with Gasteiger partial charge in [-0.3, -0.25) is 4.79 Å². The molecule has 0 aromatic carbocycles. The number of Topliss-reactive ketones (excluding diaryl/α,β-unsaturated/α-hetero) is 1. The van der Waals surface area contributed by atoms with Gasteiger partial charge in [-0.15, -0.1) is 10.2 Å². The second-order valence-electron chi connectivity index (χ2n) is 2.48. The fourth-order valence-electron chi connectivity index (χ4n) is 0.997. The Kier molecular flexibility index (Phi) is 1.91. The quantitative estimate of drug-likeness (QED) is 0.611. The van der Waals surface area contributed by atoms with E-state index < -0.39 is 0 Å². The van der Waals surface area contributed by atoms with Crippen molar-refractivity contribution < 1.29 is 4.79 Å². The van der Waals surface area contributed by atoms with Crippen molar-refractivity contribution in [2.75, 3.05) is 0 Å². The summed E-state index contributed by atoms with van der Waals surface area (Å²) in [5.41, 5.74) is 0.764. The van der Waals surface area contributed by atoms with Gasteiger partial charge in [0.1, 0.15) is 5.69 Å². The second kappa shape index (κ2) is 3.22. The van der Waals surface area contributed by atoms with Gasteiger partial charge in [-0.05, 0) is 12.1 Å². The SMILES string of the molecule is O=C1CC=NN=C1c1cccnn1. The van der Waals surface area contributed by atoms with Gasteiger partial charge in [0.25, 0.3) is 0 Å². The number of aromatic nitrogens is 2. The molecule has 0 spiro atoms. The maximum absolute atomic E-state index is 11.3. The number of rotatable bonds is 1. The Morgan fingerprint density at radius 1 is 1.38 bits per heavy atom. The number of carbonyl (C=O) groups excluding carboxylic acids is 1. The molecule has 0 unspecified atom stereocenters. The summed E-state index contributed by atoms with van der Waals surface area (Å²) in [6.45, 7) is 0. The average Bonchev–Trinajstić information content (AvgIpc) is 2.20. The second-order valence-corrected chi connectivity index (χ2v) is 2.48. The highest BCUT2D eigenvalue weighted by Crippen LogP contribution is 2.02. The molecule has 0 N–H and O–H groups in total. The largest absolute Gasteiger partial charge is 0.292 e. The topological polar surface area (TPSA) is 67.6 Å². The number of carbonyl (C=O) groups is 1. The summed E-state index contributed by atoms with van der Waals surface area (Å²) >= 11 is 0. The van der Waals surface area contributed by atoms with Crippen molar-refractivity contribution in [2.24, 2.45) is 10.2 Å². The van der Waals surface area contributed by atoms with Gasteiger partial charge in [-0.2, -0.15) is 10.2 Å². The van der Waals surface area contributed by atoms with Gasteiger partial charge in [0, 0.05) is 12.4 Å². The Morgan fingerprint density at radius 3 is 3.00 bits per heavy atom. The van der Waals surface area contributed by atoms with Crippen LogP contribution in [0.4, 0.5) is 0 Å². The monoisotopic (exact) mass is 174 g/mol. The Hall–Kier alpha value is -1.91. The summed E-state index contributed by atoms with van der Waals surface area (Å²) in [6.07, 6.45) is 3.30. The lowest BCUT2D eigenvalue weighted by molar-refractivity contribution is -0.111. The molecule has 0 saturated heterocycles. The predicted octanol–water partition coefficient (Wildman–Crippen LogP) is 0.224. The molecule has 1 aliphatic heterocycles. The molecular weight excluding hydrogens is 168 g/mol. The fourth-order valence-corrected chi connectivity index (χ4v) is 0.997. The van der Waals surface area contributed by atoms with Crippen LogP contribution in [0.2, 0.25) is 0 Å². The molecular formula is C8H6N4O. The molecule has 0 aliphatic carbocycles. The van der Waals surface area contributed by atoms with Crippen molar-refractivity contribution in [1.29, 1.82) is 0 Å². The van der Waals surface area contributed by atoms with E-state index in [4.69, 9.17) is 0 Å². The van der Waals surface area contributed by atoms with E-state index in [1.165, 1.54) is 6.21 Å². The first kappa shape index (κ1) is 7.72. The highest BCUT2D eigenvalue weighted by atomic mass is 16.1. The summed E-state index contributed by atoms with van der Waals surface area (Å²) in [7, 11) is 0. The van der Waals surface area contributed by atoms with Crippen molar-refractivity contribution in [1.82, 2.24) is 10.2 Å². The minimum atomic E-state index is -0.0736. The molecule has 5 heteroatoms. The Labute approximate surface area is 74.2 Å². The molecule has 0 fully saturated rings. The smallest absolute Gasteiger partial charge is 0.190 e. The van der Waals surface area contributed by atoms with Crippen LogP contribution in [0.1, 0.15) is 12.1 Å². The van der Waals surface area contributed by atoms with Crippen LogP contribution in [0.25, 0.3) is 0 Å². The lowest BCUT2D eigenvalue weighted by atomic mass is 10.1. The number of hydrogen-bond acceptors (Lipinski definition) is 5. The van der Waals surface area contributed by atoms with Gasteiger partial charge in [-0.25, -0.2) is 0 Å². The van der Waals surface area contributed by atoms with E-state index in [0.717, 1.165) is 0 Å². The van der Waals surface area contributed by atoms with Crippen LogP contribution in [0.3, 0.4) is 0 Å². The third kappa shape index (κ3) is 1.48. The first-order chi connectivity index (χ1) is 6.38. The predicted molar refractivity (Wildman–Crippen MR) is 46.7 cm³/mol. The average molecular weight is 174 g/mol. The van der Waals surface area contributed by atoms with E-state index in [0.29, 0.717) is 5.69 Å². The van der Waals surface area contributed by atoms with Crippen LogP contribution in [0, 0.1) is 0 Å². The van der Waals surface area contributed by atoms with Crippen molar-refractivity contribution >= 4 is 17.7 Å². The normalized spacial score (nSPS) is 15.7. The summed E-state index contributed by atoms with van der Waals surface area (Å²) in [5, 5.41) is 14.8. The van der Waals surface area contributed by atoms with Gasteiger partial charge in [0.15, 0.2) is 11.5 Å². The van der Waals surface area contributed by atoms with Crippen LogP contribution in [-0.4, -0.2) is 27.9 Å². The summed E-state index contributed by atoms with van der Waals surface area (Å²) in [4.78, 5) is 11.3. The first-order valence-electron chi connectivity index (χ1n) is 3.78. The summed E-state index contributed by atoms with van der Waals surface area (Å²) in [5.74, 6) is -0.0736. The molecule has 0 saturated carbocycles. The number of ketones is 1. The highest BCUT2D eigenvalue weighted by Gasteiger charge is 2.16. The van der Waals surface area contributed by atoms with Crippen molar-refractivity contribution in [3.05, 3.63) is 24.0 Å². The number of nitrogens with zero attached hydrogens (tertiary/aromatic N) is 4. The molecule has 2 rings (SSSR count). The summed E-state index contributed by atoms with van der Waals surface area (Å²) < 4.78 is 0. The van der Waals surface area contributed by atoms with Crippen LogP contribution in [0.15, 0.2) is 28.5 Å². The Balaban J connectivity index is 2.41. The van der Waals surface area contributed by atoms with Crippen LogP contribution in [0.5, 0.6) is 0 Å². The van der Waals surface area contributed by atoms with Gasteiger partial charge in [0.2, 0.25) is 0 Å². The van der Waals surface area contributed by atoms with E-state index in [1.54, 1.807) is 18.3 Å². The molecule has 5 nitrogen and oxygen atoms in total. The Morgan fingerprint density at radius 2 is 2.31 bits per heavy atom. The number of hydrogen-bond donors (Lipinski definition) is 0. The van der Waals surface area contributed by atoms with Crippen molar-refractivity contribution in [3.63, 3.8) is 0 Å². The molecule has 0 atom stereocenters. The molecule has 0 amide bonds. The van der Waals surface area contributed by atoms with E-state index in [9.17, 15) is 4.79 Å². The zero-order chi connectivity index (χ0) is 9.10. The Bertz CT molecular complexity index is 382. The lowest BCUT2D eigenvalue weighted by Crippen LogP contribution is -2.19. The third-order valence-corrected chi connectivity index (χ3v) is 1.60. The van der Waals surface area contributed by atoms with Crippen molar-refractivity contribution in [2.45, 2.75) is 6.42 Å². The standard InChI is InChI=1S/C8H6N4O/c13-7-3-5-10-12-8(7)6-2-1-4-9-11-6/h1-2,4-5H,3H2. The molecule has 64 valence electrons. The van der Waals surface area contributed by atoms with E-state index in [1.807, 2.05) is 0 Å². The van der Waals surface area contributed by atoms with Gasteiger partial charge >= 0.3 is 0 Å². The zero-order valence-corrected chi connectivity index (χ0v) is 6.71. The van der Waals surface area contributed by atoms with Gasteiger partial charge in [-0.1, -0.05) is 0 Å². The molecule has 1 aliphatic rings. The molecule has 13 heavy (non-hydrogen) atoms. The minimum Gasteiger partial charge on any atom is -0.292 e. The minimum absolute atomic E-state index is 0.0736.